The van der Waals surface area contributed by atoms with Crippen LogP contribution >= 0.6 is 0 Å². The first-order valence-electron chi connectivity index (χ1n) is 12.8. The second-order valence-corrected chi connectivity index (χ2v) is 9.49. The third-order valence-corrected chi connectivity index (χ3v) is 7.03. The van der Waals surface area contributed by atoms with E-state index in [1.165, 1.54) is 0 Å². The van der Waals surface area contributed by atoms with Crippen molar-refractivity contribution in [2.24, 2.45) is 0 Å². The van der Waals surface area contributed by atoms with Crippen molar-refractivity contribution >= 4 is 24.1 Å². The van der Waals surface area contributed by atoms with Gasteiger partial charge in [-0.15, -0.1) is 0 Å². The van der Waals surface area contributed by atoms with Crippen LogP contribution in [0.4, 0.5) is 0 Å². The van der Waals surface area contributed by atoms with Gasteiger partial charge in [-0.25, -0.2) is 0 Å². The van der Waals surface area contributed by atoms with Crippen LogP contribution in [0.15, 0.2) is 24.3 Å². The Morgan fingerprint density at radius 2 is 1.51 bits per heavy atom. The van der Waals surface area contributed by atoms with E-state index in [4.69, 9.17) is 0 Å². The molecule has 35 heavy (non-hydrogen) atoms. The summed E-state index contributed by atoms with van der Waals surface area (Å²) in [4.78, 5) is 53.0. The molecule has 1 aromatic rings. The topological polar surface area (TPSA) is 111 Å². The Morgan fingerprint density at radius 1 is 0.943 bits per heavy atom. The summed E-state index contributed by atoms with van der Waals surface area (Å²) in [7, 11) is 1.71. The fourth-order valence-corrected chi connectivity index (χ4v) is 4.71. The Bertz CT molecular complexity index is 863. The van der Waals surface area contributed by atoms with Crippen LogP contribution in [0.1, 0.15) is 62.6 Å². The average molecular weight is 486 g/mol. The molecule has 0 aliphatic carbocycles. The zero-order chi connectivity index (χ0) is 25.2. The lowest BCUT2D eigenvalue weighted by molar-refractivity contribution is -0.136. The van der Waals surface area contributed by atoms with Crippen LogP contribution in [-0.2, 0) is 25.6 Å². The van der Waals surface area contributed by atoms with Crippen molar-refractivity contribution in [1.29, 1.82) is 0 Å². The molecule has 2 aliphatic rings. The zero-order valence-electron chi connectivity index (χ0n) is 20.9. The lowest BCUT2D eigenvalue weighted by Crippen LogP contribution is -2.47. The molecule has 3 atom stereocenters. The van der Waals surface area contributed by atoms with Crippen molar-refractivity contribution in [3.8, 4) is 0 Å². The maximum absolute atomic E-state index is 13.2. The molecule has 4 amide bonds. The SMILES string of the molecule is CN[C@@H](C)C(=O)NC(C(=O)N1CCCC1)c1ccc(CCCC(NC=O)C(=O)N2CCCC2)cc1. The Labute approximate surface area is 208 Å². The third-order valence-electron chi connectivity index (χ3n) is 7.03. The minimum atomic E-state index is -0.718. The van der Waals surface area contributed by atoms with Crippen molar-refractivity contribution in [1.82, 2.24) is 25.8 Å². The number of nitrogens with zero attached hydrogens (tertiary/aromatic N) is 2. The van der Waals surface area contributed by atoms with Crippen LogP contribution < -0.4 is 16.0 Å². The molecule has 0 saturated carbocycles. The second kappa shape index (κ2) is 13.2. The van der Waals surface area contributed by atoms with E-state index in [0.29, 0.717) is 12.8 Å². The highest BCUT2D eigenvalue weighted by atomic mass is 16.2. The van der Waals surface area contributed by atoms with Gasteiger partial charge in [0.15, 0.2) is 0 Å². The number of carbonyl (C=O) groups is 4. The molecule has 0 bridgehead atoms. The predicted octanol–water partition coefficient (Wildman–Crippen LogP) is 1.13. The number of likely N-dealkylation sites (tertiary alicyclic amines) is 2. The first kappa shape index (κ1) is 26.7. The van der Waals surface area contributed by atoms with Crippen LogP contribution in [-0.4, -0.2) is 79.2 Å². The molecule has 192 valence electrons. The summed E-state index contributed by atoms with van der Waals surface area (Å²) in [6, 6.07) is 6.12. The smallest absolute Gasteiger partial charge is 0.249 e. The van der Waals surface area contributed by atoms with Crippen molar-refractivity contribution in [3.63, 3.8) is 0 Å². The van der Waals surface area contributed by atoms with Crippen molar-refractivity contribution in [2.45, 2.75) is 70.0 Å². The molecule has 2 heterocycles. The molecular weight excluding hydrogens is 446 g/mol. The molecule has 2 unspecified atom stereocenters. The molecule has 0 aromatic heterocycles. The molecular formula is C26H39N5O4. The van der Waals surface area contributed by atoms with Crippen LogP contribution in [0.25, 0.3) is 0 Å². The van der Waals surface area contributed by atoms with E-state index >= 15 is 0 Å². The number of benzene rings is 1. The summed E-state index contributed by atoms with van der Waals surface area (Å²) in [6.07, 6.45) is 6.67. The van der Waals surface area contributed by atoms with E-state index in [0.717, 1.165) is 75.8 Å². The van der Waals surface area contributed by atoms with Crippen LogP contribution in [0, 0.1) is 0 Å². The summed E-state index contributed by atoms with van der Waals surface area (Å²) >= 11 is 0. The summed E-state index contributed by atoms with van der Waals surface area (Å²) in [6.45, 7) is 4.72. The maximum atomic E-state index is 13.2. The van der Waals surface area contributed by atoms with E-state index in [2.05, 4.69) is 16.0 Å². The molecule has 3 N–H and O–H groups in total. The fourth-order valence-electron chi connectivity index (χ4n) is 4.71. The zero-order valence-corrected chi connectivity index (χ0v) is 20.9. The fraction of sp³-hybridized carbons (Fsp3) is 0.615. The van der Waals surface area contributed by atoms with Gasteiger partial charge in [-0.3, -0.25) is 19.2 Å². The highest BCUT2D eigenvalue weighted by molar-refractivity contribution is 5.90. The van der Waals surface area contributed by atoms with Crippen molar-refractivity contribution in [3.05, 3.63) is 35.4 Å². The number of carbonyl (C=O) groups excluding carboxylic acids is 4. The van der Waals surface area contributed by atoms with E-state index in [9.17, 15) is 19.2 Å². The number of rotatable bonds is 12. The number of hydrogen-bond acceptors (Lipinski definition) is 5. The third kappa shape index (κ3) is 7.27. The van der Waals surface area contributed by atoms with Gasteiger partial charge in [0, 0.05) is 26.2 Å². The quantitative estimate of drug-likeness (QED) is 0.385. The van der Waals surface area contributed by atoms with Gasteiger partial charge in [-0.05, 0) is 70.0 Å². The Kier molecular flexibility index (Phi) is 10.1. The summed E-state index contributed by atoms with van der Waals surface area (Å²) in [5.74, 6) is -0.291. The van der Waals surface area contributed by atoms with Gasteiger partial charge in [0.1, 0.15) is 12.1 Å². The Hall–Kier alpha value is -2.94. The minimum absolute atomic E-state index is 0.000228. The second-order valence-electron chi connectivity index (χ2n) is 9.49. The summed E-state index contributed by atoms with van der Waals surface area (Å²) in [5, 5.41) is 8.51. The molecule has 2 fully saturated rings. The first-order valence-corrected chi connectivity index (χ1v) is 12.8. The van der Waals surface area contributed by atoms with E-state index < -0.39 is 18.1 Å². The van der Waals surface area contributed by atoms with Crippen LogP contribution in [0.2, 0.25) is 0 Å². The first-order chi connectivity index (χ1) is 16.9. The lowest BCUT2D eigenvalue weighted by Gasteiger charge is -2.25. The van der Waals surface area contributed by atoms with E-state index in [-0.39, 0.29) is 17.7 Å². The molecule has 1 aromatic carbocycles. The maximum Gasteiger partial charge on any atom is 0.249 e. The molecule has 2 saturated heterocycles. The minimum Gasteiger partial charge on any atom is -0.347 e. The van der Waals surface area contributed by atoms with E-state index in [1.807, 2.05) is 34.1 Å². The highest BCUT2D eigenvalue weighted by Crippen LogP contribution is 2.21. The molecule has 0 radical (unpaired) electrons. The number of aryl methyl sites for hydroxylation is 1. The van der Waals surface area contributed by atoms with Gasteiger partial charge in [0.2, 0.25) is 24.1 Å². The van der Waals surface area contributed by atoms with Crippen molar-refractivity contribution in [2.75, 3.05) is 33.2 Å². The standard InChI is InChI=1S/C26H39N5O4/c1-19(27-2)24(33)29-23(26(35)31-16-5-6-17-31)21-12-10-20(11-13-21)8-7-9-22(28-18-32)25(34)30-14-3-4-15-30/h10-13,18-19,22-23,27H,3-9,14-17H2,1-2H3,(H,28,32)(H,29,33)/t19-,22?,23?/m0/s1. The molecule has 9 nitrogen and oxygen atoms in total. The van der Waals surface area contributed by atoms with Crippen LogP contribution in [0.5, 0.6) is 0 Å². The summed E-state index contributed by atoms with van der Waals surface area (Å²) in [5.41, 5.74) is 1.83. The molecule has 0 spiro atoms. The molecule has 3 rings (SSSR count). The molecule has 2 aliphatic heterocycles. The van der Waals surface area contributed by atoms with Gasteiger partial charge in [0.25, 0.3) is 0 Å². The van der Waals surface area contributed by atoms with Gasteiger partial charge in [0.05, 0.1) is 6.04 Å². The number of likely N-dealkylation sites (N-methyl/N-ethyl adjacent to an activating group) is 1. The number of amides is 4. The lowest BCUT2D eigenvalue weighted by atomic mass is 9.99. The Morgan fingerprint density at radius 3 is 2.06 bits per heavy atom. The van der Waals surface area contributed by atoms with Gasteiger partial charge >= 0.3 is 0 Å². The highest BCUT2D eigenvalue weighted by Gasteiger charge is 2.30. The van der Waals surface area contributed by atoms with E-state index in [1.54, 1.807) is 14.0 Å². The molecule has 9 heteroatoms. The predicted molar refractivity (Wildman–Crippen MR) is 133 cm³/mol. The largest absolute Gasteiger partial charge is 0.347 e. The number of nitrogens with one attached hydrogen (secondary N) is 3. The van der Waals surface area contributed by atoms with Gasteiger partial charge < -0.3 is 25.8 Å². The monoisotopic (exact) mass is 485 g/mol. The normalized spacial score (nSPS) is 18.1. The van der Waals surface area contributed by atoms with Crippen molar-refractivity contribution < 1.29 is 19.2 Å². The van der Waals surface area contributed by atoms with Gasteiger partial charge in [-0.2, -0.15) is 0 Å². The average Bonchev–Trinajstić information content (AvgIpc) is 3.61. The Balaban J connectivity index is 1.61. The summed E-state index contributed by atoms with van der Waals surface area (Å²) < 4.78 is 0. The van der Waals surface area contributed by atoms with Crippen LogP contribution in [0.3, 0.4) is 0 Å². The number of hydrogen-bond donors (Lipinski definition) is 3. The van der Waals surface area contributed by atoms with Gasteiger partial charge in [-0.1, -0.05) is 24.3 Å².